The second-order valence-corrected chi connectivity index (χ2v) is 6.44. The summed E-state index contributed by atoms with van der Waals surface area (Å²) in [6, 6.07) is 13.0. The van der Waals surface area contributed by atoms with E-state index in [1.54, 1.807) is 0 Å². The molecule has 1 N–H and O–H groups in total. The van der Waals surface area contributed by atoms with Gasteiger partial charge in [-0.05, 0) is 25.0 Å². The third-order valence-electron chi connectivity index (χ3n) is 4.55. The van der Waals surface area contributed by atoms with Crippen molar-refractivity contribution in [3.05, 3.63) is 48.2 Å². The molecular weight excluding hydrogens is 298 g/mol. The first-order valence-electron chi connectivity index (χ1n) is 8.85. The van der Waals surface area contributed by atoms with E-state index in [1.165, 1.54) is 5.56 Å². The van der Waals surface area contributed by atoms with Gasteiger partial charge in [-0.3, -0.25) is 4.90 Å². The van der Waals surface area contributed by atoms with Crippen LogP contribution < -0.4 is 10.2 Å². The van der Waals surface area contributed by atoms with Crippen LogP contribution in [0, 0.1) is 0 Å². The van der Waals surface area contributed by atoms with E-state index in [-0.39, 0.29) is 0 Å². The third kappa shape index (κ3) is 4.45. The summed E-state index contributed by atoms with van der Waals surface area (Å²) in [5, 5.41) is 3.42. The molecule has 5 nitrogen and oxygen atoms in total. The number of hydrogen-bond acceptors (Lipinski definition) is 5. The first-order chi connectivity index (χ1) is 11.7. The van der Waals surface area contributed by atoms with Crippen molar-refractivity contribution in [1.29, 1.82) is 0 Å². The molecule has 1 aromatic heterocycles. The van der Waals surface area contributed by atoms with Crippen LogP contribution in [-0.2, 0) is 6.54 Å². The Hall–Kier alpha value is -2.14. The molecule has 24 heavy (non-hydrogen) atoms. The minimum absolute atomic E-state index is 0.426. The Morgan fingerprint density at radius 2 is 1.83 bits per heavy atom. The summed E-state index contributed by atoms with van der Waals surface area (Å²) < 4.78 is 0. The summed E-state index contributed by atoms with van der Waals surface area (Å²) in [6.07, 6.45) is 2.93. The van der Waals surface area contributed by atoms with Gasteiger partial charge in [-0.15, -0.1) is 0 Å². The van der Waals surface area contributed by atoms with Gasteiger partial charge in [-0.2, -0.15) is 4.98 Å². The van der Waals surface area contributed by atoms with Crippen LogP contribution in [0.2, 0.25) is 0 Å². The van der Waals surface area contributed by atoms with Crippen molar-refractivity contribution in [3.8, 4) is 0 Å². The van der Waals surface area contributed by atoms with E-state index in [0.717, 1.165) is 50.9 Å². The highest BCUT2D eigenvalue weighted by Crippen LogP contribution is 2.15. The SMILES string of the molecule is CCC(C)Nc1ccnc(N2CCN(Cc3ccccc3)CC2)n1. The van der Waals surface area contributed by atoms with Gasteiger partial charge in [0.2, 0.25) is 5.95 Å². The summed E-state index contributed by atoms with van der Waals surface area (Å²) in [6.45, 7) is 9.39. The van der Waals surface area contributed by atoms with Crippen LogP contribution in [0.3, 0.4) is 0 Å². The van der Waals surface area contributed by atoms with Crippen LogP contribution in [0.25, 0.3) is 0 Å². The first kappa shape index (κ1) is 16.7. The Morgan fingerprint density at radius 3 is 2.54 bits per heavy atom. The minimum atomic E-state index is 0.426. The molecule has 0 saturated carbocycles. The predicted octanol–water partition coefficient (Wildman–Crippen LogP) is 3.01. The first-order valence-corrected chi connectivity index (χ1v) is 8.85. The molecule has 0 spiro atoms. The zero-order chi connectivity index (χ0) is 16.8. The highest BCUT2D eigenvalue weighted by molar-refractivity contribution is 5.42. The topological polar surface area (TPSA) is 44.3 Å². The molecule has 1 fully saturated rings. The van der Waals surface area contributed by atoms with Gasteiger partial charge in [0, 0.05) is 45.0 Å². The molecule has 128 valence electrons. The van der Waals surface area contributed by atoms with Crippen molar-refractivity contribution < 1.29 is 0 Å². The molecule has 1 atom stereocenters. The molecule has 0 radical (unpaired) electrons. The highest BCUT2D eigenvalue weighted by Gasteiger charge is 2.19. The average Bonchev–Trinajstić information content (AvgIpc) is 2.63. The summed E-state index contributed by atoms with van der Waals surface area (Å²) in [7, 11) is 0. The van der Waals surface area contributed by atoms with Gasteiger partial charge in [0.1, 0.15) is 5.82 Å². The number of nitrogens with one attached hydrogen (secondary N) is 1. The summed E-state index contributed by atoms with van der Waals surface area (Å²) in [4.78, 5) is 13.9. The molecule has 1 unspecified atom stereocenters. The van der Waals surface area contributed by atoms with Crippen LogP contribution >= 0.6 is 0 Å². The lowest BCUT2D eigenvalue weighted by Crippen LogP contribution is -2.46. The van der Waals surface area contributed by atoms with Gasteiger partial charge in [-0.1, -0.05) is 37.3 Å². The third-order valence-corrected chi connectivity index (χ3v) is 4.55. The molecule has 0 amide bonds. The standard InChI is InChI=1S/C19H27N5/c1-3-16(2)21-18-9-10-20-19(22-18)24-13-11-23(12-14-24)15-17-7-5-4-6-8-17/h4-10,16H,3,11-15H2,1-2H3,(H,20,21,22). The highest BCUT2D eigenvalue weighted by atomic mass is 15.3. The number of hydrogen-bond donors (Lipinski definition) is 1. The number of anilines is 2. The fourth-order valence-electron chi connectivity index (χ4n) is 2.88. The lowest BCUT2D eigenvalue weighted by molar-refractivity contribution is 0.248. The maximum absolute atomic E-state index is 4.68. The van der Waals surface area contributed by atoms with Crippen LogP contribution in [0.5, 0.6) is 0 Å². The number of nitrogens with zero attached hydrogens (tertiary/aromatic N) is 4. The van der Waals surface area contributed by atoms with E-state index in [0.29, 0.717) is 6.04 Å². The summed E-state index contributed by atoms with van der Waals surface area (Å²) in [5.74, 6) is 1.75. The fraction of sp³-hybridized carbons (Fsp3) is 0.474. The predicted molar refractivity (Wildman–Crippen MR) is 99.3 cm³/mol. The molecule has 2 aromatic rings. The van der Waals surface area contributed by atoms with Gasteiger partial charge in [0.15, 0.2) is 0 Å². The van der Waals surface area contributed by atoms with E-state index in [2.05, 4.69) is 69.3 Å². The number of benzene rings is 1. The van der Waals surface area contributed by atoms with Crippen LogP contribution in [-0.4, -0.2) is 47.1 Å². The zero-order valence-electron chi connectivity index (χ0n) is 14.7. The summed E-state index contributed by atoms with van der Waals surface area (Å²) in [5.41, 5.74) is 1.38. The summed E-state index contributed by atoms with van der Waals surface area (Å²) >= 11 is 0. The molecule has 0 aliphatic carbocycles. The Balaban J connectivity index is 1.55. The van der Waals surface area contributed by atoms with E-state index in [4.69, 9.17) is 0 Å². The number of aromatic nitrogens is 2. The largest absolute Gasteiger partial charge is 0.367 e. The number of piperazine rings is 1. The van der Waals surface area contributed by atoms with Gasteiger partial charge >= 0.3 is 0 Å². The van der Waals surface area contributed by atoms with Crippen LogP contribution in [0.4, 0.5) is 11.8 Å². The Labute approximate surface area is 144 Å². The van der Waals surface area contributed by atoms with Crippen molar-refractivity contribution in [2.75, 3.05) is 36.4 Å². The molecule has 1 saturated heterocycles. The van der Waals surface area contributed by atoms with Crippen molar-refractivity contribution >= 4 is 11.8 Å². The quantitative estimate of drug-likeness (QED) is 0.884. The lowest BCUT2D eigenvalue weighted by Gasteiger charge is -2.34. The van der Waals surface area contributed by atoms with Gasteiger partial charge in [-0.25, -0.2) is 4.98 Å². The molecule has 2 heterocycles. The van der Waals surface area contributed by atoms with E-state index in [9.17, 15) is 0 Å². The average molecular weight is 325 g/mol. The minimum Gasteiger partial charge on any atom is -0.367 e. The molecular formula is C19H27N5. The molecule has 5 heteroatoms. The maximum atomic E-state index is 4.68. The lowest BCUT2D eigenvalue weighted by atomic mass is 10.2. The van der Waals surface area contributed by atoms with E-state index >= 15 is 0 Å². The second-order valence-electron chi connectivity index (χ2n) is 6.44. The Morgan fingerprint density at radius 1 is 1.08 bits per heavy atom. The normalized spacial score (nSPS) is 16.8. The zero-order valence-corrected chi connectivity index (χ0v) is 14.7. The monoisotopic (exact) mass is 325 g/mol. The number of rotatable bonds is 6. The maximum Gasteiger partial charge on any atom is 0.227 e. The van der Waals surface area contributed by atoms with Crippen molar-refractivity contribution in [1.82, 2.24) is 14.9 Å². The van der Waals surface area contributed by atoms with Crippen LogP contribution in [0.15, 0.2) is 42.6 Å². The molecule has 1 aliphatic rings. The van der Waals surface area contributed by atoms with E-state index in [1.807, 2.05) is 12.3 Å². The van der Waals surface area contributed by atoms with Crippen molar-refractivity contribution in [2.24, 2.45) is 0 Å². The molecule has 1 aromatic carbocycles. The molecule has 1 aliphatic heterocycles. The van der Waals surface area contributed by atoms with E-state index < -0.39 is 0 Å². The van der Waals surface area contributed by atoms with Crippen molar-refractivity contribution in [2.45, 2.75) is 32.9 Å². The molecule has 3 rings (SSSR count). The Kier molecular flexibility index (Phi) is 5.64. The van der Waals surface area contributed by atoms with Gasteiger partial charge in [0.25, 0.3) is 0 Å². The second kappa shape index (κ2) is 8.11. The van der Waals surface area contributed by atoms with Crippen LogP contribution in [0.1, 0.15) is 25.8 Å². The van der Waals surface area contributed by atoms with Crippen molar-refractivity contribution in [3.63, 3.8) is 0 Å². The van der Waals surface area contributed by atoms with Gasteiger partial charge < -0.3 is 10.2 Å². The molecule has 0 bridgehead atoms. The Bertz CT molecular complexity index is 623. The van der Waals surface area contributed by atoms with Gasteiger partial charge in [0.05, 0.1) is 0 Å². The fourth-order valence-corrected chi connectivity index (χ4v) is 2.88. The smallest absolute Gasteiger partial charge is 0.227 e.